The van der Waals surface area contributed by atoms with Crippen LogP contribution in [0.5, 0.6) is 0 Å². The van der Waals surface area contributed by atoms with Crippen LogP contribution in [0.4, 0.5) is 0 Å². The highest BCUT2D eigenvalue weighted by Crippen LogP contribution is 2.33. The number of carbonyl (C=O) groups excluding carboxylic acids is 2. The van der Waals surface area contributed by atoms with Gasteiger partial charge in [-0.25, -0.2) is 0 Å². The first kappa shape index (κ1) is 17.9. The minimum atomic E-state index is -0.484. The Hall–Kier alpha value is -1.92. The van der Waals surface area contributed by atoms with Crippen molar-refractivity contribution >= 4 is 11.9 Å². The highest BCUT2D eigenvalue weighted by molar-refractivity contribution is 5.67. The topological polar surface area (TPSA) is 65.1 Å². The summed E-state index contributed by atoms with van der Waals surface area (Å²) in [7, 11) is 0. The zero-order valence-electron chi connectivity index (χ0n) is 14.7. The zero-order valence-corrected chi connectivity index (χ0v) is 14.7. The lowest BCUT2D eigenvalue weighted by Gasteiger charge is -2.38. The summed E-state index contributed by atoms with van der Waals surface area (Å²) in [5.41, 5.74) is 1.11. The van der Waals surface area contributed by atoms with Crippen molar-refractivity contribution in [3.8, 4) is 0 Å². The lowest BCUT2D eigenvalue weighted by Crippen LogP contribution is -2.51. The number of carbonyl (C=O) groups is 2. The van der Waals surface area contributed by atoms with Crippen LogP contribution in [-0.2, 0) is 30.4 Å². The van der Waals surface area contributed by atoms with E-state index >= 15 is 0 Å². The molecule has 0 aromatic heterocycles. The van der Waals surface area contributed by atoms with Gasteiger partial charge in [-0.1, -0.05) is 30.3 Å². The van der Waals surface area contributed by atoms with Crippen molar-refractivity contribution in [1.82, 2.24) is 4.90 Å². The molecule has 0 aliphatic carbocycles. The molecule has 0 amide bonds. The summed E-state index contributed by atoms with van der Waals surface area (Å²) < 4.78 is 17.1. The third-order valence-electron chi connectivity index (χ3n) is 4.78. The van der Waals surface area contributed by atoms with Crippen LogP contribution in [0.3, 0.4) is 0 Å². The fraction of sp³-hybridized carbons (Fsp3) is 0.579. The quantitative estimate of drug-likeness (QED) is 0.758. The molecule has 2 aliphatic heterocycles. The van der Waals surface area contributed by atoms with Gasteiger partial charge in [0, 0.05) is 20.4 Å². The fourth-order valence-electron chi connectivity index (χ4n) is 3.85. The van der Waals surface area contributed by atoms with Gasteiger partial charge in [0.15, 0.2) is 12.2 Å². The Balaban J connectivity index is 1.73. The van der Waals surface area contributed by atoms with Crippen molar-refractivity contribution in [2.24, 2.45) is 0 Å². The molecule has 0 N–H and O–H groups in total. The maximum atomic E-state index is 11.6. The Bertz CT molecular complexity index is 605. The molecule has 0 spiro atoms. The summed E-state index contributed by atoms with van der Waals surface area (Å²) in [5, 5.41) is 0. The van der Waals surface area contributed by atoms with Gasteiger partial charge < -0.3 is 14.2 Å². The van der Waals surface area contributed by atoms with Crippen LogP contribution in [-0.4, -0.2) is 54.3 Å². The average molecular weight is 347 g/mol. The first-order chi connectivity index (χ1) is 12.0. The third kappa shape index (κ3) is 4.38. The van der Waals surface area contributed by atoms with Gasteiger partial charge >= 0.3 is 11.9 Å². The molecule has 2 aliphatic rings. The fourth-order valence-corrected chi connectivity index (χ4v) is 3.85. The number of nitrogens with zero attached hydrogens (tertiary/aromatic N) is 1. The molecule has 1 aromatic rings. The van der Waals surface area contributed by atoms with E-state index in [0.29, 0.717) is 13.2 Å². The Kier molecular flexibility index (Phi) is 5.71. The Morgan fingerprint density at radius 3 is 2.48 bits per heavy atom. The summed E-state index contributed by atoms with van der Waals surface area (Å²) in [6.45, 7) is 4.75. The summed E-state index contributed by atoms with van der Waals surface area (Å²) in [4.78, 5) is 25.2. The van der Waals surface area contributed by atoms with E-state index in [4.69, 9.17) is 14.2 Å². The maximum absolute atomic E-state index is 11.6. The molecule has 2 fully saturated rings. The molecule has 0 unspecified atom stereocenters. The van der Waals surface area contributed by atoms with E-state index in [1.807, 2.05) is 30.3 Å². The predicted molar refractivity (Wildman–Crippen MR) is 90.7 cm³/mol. The lowest BCUT2D eigenvalue weighted by atomic mass is 9.96. The van der Waals surface area contributed by atoms with Gasteiger partial charge in [-0.3, -0.25) is 14.5 Å². The van der Waals surface area contributed by atoms with Gasteiger partial charge in [0.25, 0.3) is 0 Å². The monoisotopic (exact) mass is 347 g/mol. The summed E-state index contributed by atoms with van der Waals surface area (Å²) in [5.74, 6) is -0.722. The maximum Gasteiger partial charge on any atom is 0.303 e. The summed E-state index contributed by atoms with van der Waals surface area (Å²) in [6.07, 6.45) is 0.933. The Morgan fingerprint density at radius 1 is 1.08 bits per heavy atom. The van der Waals surface area contributed by atoms with E-state index in [-0.39, 0.29) is 24.1 Å². The largest absolute Gasteiger partial charge is 0.457 e. The molecule has 2 saturated heterocycles. The van der Waals surface area contributed by atoms with Crippen LogP contribution < -0.4 is 0 Å². The highest BCUT2D eigenvalue weighted by atomic mass is 16.6. The molecule has 0 saturated carbocycles. The normalized spacial score (nSPS) is 29.0. The van der Waals surface area contributed by atoms with E-state index in [1.54, 1.807) is 0 Å². The molecular weight excluding hydrogens is 322 g/mol. The van der Waals surface area contributed by atoms with Gasteiger partial charge in [0.1, 0.15) is 0 Å². The molecule has 3 rings (SSSR count). The van der Waals surface area contributed by atoms with Crippen LogP contribution in [0.2, 0.25) is 0 Å². The standard InChI is InChI=1S/C19H25NO5/c1-13(21)24-17-11-20-10-6-9-16(18(20)19(17)25-14(2)22)23-12-15-7-4-3-5-8-15/h3-5,7-8,16-19H,6,9-12H2,1-2H3/t16-,17+,18-,19-/m1/s1. The van der Waals surface area contributed by atoms with Crippen LogP contribution in [0.25, 0.3) is 0 Å². The summed E-state index contributed by atoms with van der Waals surface area (Å²) >= 11 is 0. The van der Waals surface area contributed by atoms with Gasteiger partial charge in [-0.05, 0) is 24.9 Å². The molecule has 6 heteroatoms. The molecule has 2 heterocycles. The molecule has 4 atom stereocenters. The van der Waals surface area contributed by atoms with Crippen LogP contribution >= 0.6 is 0 Å². The summed E-state index contributed by atoms with van der Waals surface area (Å²) in [6, 6.07) is 9.93. The number of piperidine rings is 1. The Labute approximate surface area is 148 Å². The smallest absolute Gasteiger partial charge is 0.303 e. The van der Waals surface area contributed by atoms with Crippen molar-refractivity contribution in [2.75, 3.05) is 13.1 Å². The Morgan fingerprint density at radius 2 is 1.80 bits per heavy atom. The minimum absolute atomic E-state index is 0.0566. The molecule has 136 valence electrons. The van der Waals surface area contributed by atoms with Crippen molar-refractivity contribution < 1.29 is 23.8 Å². The van der Waals surface area contributed by atoms with Gasteiger partial charge in [0.05, 0.1) is 18.8 Å². The van der Waals surface area contributed by atoms with E-state index < -0.39 is 12.2 Å². The number of benzene rings is 1. The van der Waals surface area contributed by atoms with Crippen molar-refractivity contribution in [3.63, 3.8) is 0 Å². The SMILES string of the molecule is CC(=O)O[C@H]1[C@H]2[C@H](OCc3ccccc3)CCCN2C[C@@H]1OC(C)=O. The number of rotatable bonds is 5. The first-order valence-electron chi connectivity index (χ1n) is 8.78. The molecule has 25 heavy (non-hydrogen) atoms. The zero-order chi connectivity index (χ0) is 17.8. The second-order valence-electron chi connectivity index (χ2n) is 6.68. The van der Waals surface area contributed by atoms with E-state index in [9.17, 15) is 9.59 Å². The van der Waals surface area contributed by atoms with Crippen LogP contribution in [0, 0.1) is 0 Å². The van der Waals surface area contributed by atoms with E-state index in [1.165, 1.54) is 13.8 Å². The number of hydrogen-bond donors (Lipinski definition) is 0. The predicted octanol–water partition coefficient (Wildman–Crippen LogP) is 1.91. The minimum Gasteiger partial charge on any atom is -0.457 e. The van der Waals surface area contributed by atoms with E-state index in [2.05, 4.69) is 4.90 Å². The second kappa shape index (κ2) is 7.97. The second-order valence-corrected chi connectivity index (χ2v) is 6.68. The van der Waals surface area contributed by atoms with Gasteiger partial charge in [-0.15, -0.1) is 0 Å². The van der Waals surface area contributed by atoms with Crippen molar-refractivity contribution in [1.29, 1.82) is 0 Å². The molecule has 1 aromatic carbocycles. The molecule has 0 bridgehead atoms. The first-order valence-corrected chi connectivity index (χ1v) is 8.78. The van der Waals surface area contributed by atoms with Crippen LogP contribution in [0.1, 0.15) is 32.3 Å². The van der Waals surface area contributed by atoms with Crippen molar-refractivity contribution in [3.05, 3.63) is 35.9 Å². The third-order valence-corrected chi connectivity index (χ3v) is 4.78. The lowest BCUT2D eigenvalue weighted by molar-refractivity contribution is -0.166. The number of fused-ring (bicyclic) bond motifs is 1. The molecule has 0 radical (unpaired) electrons. The van der Waals surface area contributed by atoms with Gasteiger partial charge in [0.2, 0.25) is 0 Å². The number of ether oxygens (including phenoxy) is 3. The van der Waals surface area contributed by atoms with Crippen LogP contribution in [0.15, 0.2) is 30.3 Å². The number of hydrogen-bond acceptors (Lipinski definition) is 6. The average Bonchev–Trinajstić information content (AvgIpc) is 2.90. The highest BCUT2D eigenvalue weighted by Gasteiger charge is 2.51. The molecular formula is C19H25NO5. The van der Waals surface area contributed by atoms with Crippen molar-refractivity contribution in [2.45, 2.75) is 57.6 Å². The number of esters is 2. The van der Waals surface area contributed by atoms with E-state index in [0.717, 1.165) is 24.9 Å². The molecule has 6 nitrogen and oxygen atoms in total. The van der Waals surface area contributed by atoms with Gasteiger partial charge in [-0.2, -0.15) is 0 Å².